The molecule has 0 saturated carbocycles. The van der Waals surface area contributed by atoms with E-state index in [1.165, 1.54) is 0 Å². The summed E-state index contributed by atoms with van der Waals surface area (Å²) in [6.45, 7) is 3.79. The van der Waals surface area contributed by atoms with Crippen molar-refractivity contribution >= 4 is 11.8 Å². The van der Waals surface area contributed by atoms with Crippen LogP contribution in [0.4, 0.5) is 5.82 Å². The van der Waals surface area contributed by atoms with Crippen molar-refractivity contribution in [2.45, 2.75) is 12.0 Å². The zero-order valence-electron chi connectivity index (χ0n) is 14.1. The highest BCUT2D eigenvalue weighted by molar-refractivity contribution is 5.99. The minimum absolute atomic E-state index is 0.118. The molecule has 2 aliphatic rings. The van der Waals surface area contributed by atoms with Crippen LogP contribution in [-0.2, 0) is 4.74 Å². The molecule has 0 amide bonds. The number of hydrogen-bond donors (Lipinski definition) is 1. The molecule has 0 bridgehead atoms. The minimum atomic E-state index is -1.03. The maximum atomic E-state index is 11.9. The van der Waals surface area contributed by atoms with Gasteiger partial charge in [0, 0.05) is 31.7 Å². The molecule has 2 aromatic rings. The lowest BCUT2D eigenvalue weighted by Crippen LogP contribution is -2.52. The van der Waals surface area contributed by atoms with E-state index >= 15 is 0 Å². The van der Waals surface area contributed by atoms with Crippen LogP contribution in [-0.4, -0.2) is 66.6 Å². The van der Waals surface area contributed by atoms with Gasteiger partial charge in [0.1, 0.15) is 0 Å². The van der Waals surface area contributed by atoms with Crippen LogP contribution in [0.3, 0.4) is 0 Å². The van der Waals surface area contributed by atoms with Gasteiger partial charge in [0.15, 0.2) is 17.1 Å². The maximum Gasteiger partial charge on any atom is 0.343 e. The van der Waals surface area contributed by atoms with Gasteiger partial charge in [0.25, 0.3) is 0 Å². The molecule has 132 valence electrons. The Morgan fingerprint density at radius 3 is 2.76 bits per heavy atom. The number of rotatable bonds is 3. The average molecular weight is 343 g/mol. The number of aromatic carboxylic acids is 1. The number of carboxylic acids is 1. The molecule has 1 unspecified atom stereocenters. The van der Waals surface area contributed by atoms with Gasteiger partial charge in [-0.25, -0.2) is 4.79 Å². The predicted octanol–water partition coefficient (Wildman–Crippen LogP) is 1.95. The molecule has 0 radical (unpaired) electrons. The Balaban J connectivity index is 1.65. The van der Waals surface area contributed by atoms with Crippen LogP contribution in [0.25, 0.3) is 11.3 Å². The Morgan fingerprint density at radius 1 is 1.24 bits per heavy atom. The maximum absolute atomic E-state index is 11.9. The van der Waals surface area contributed by atoms with E-state index in [4.69, 9.17) is 9.26 Å². The topological polar surface area (TPSA) is 79.0 Å². The van der Waals surface area contributed by atoms with Gasteiger partial charge in [-0.15, -0.1) is 0 Å². The third-order valence-electron chi connectivity index (χ3n) is 4.98. The Morgan fingerprint density at radius 2 is 2.04 bits per heavy atom. The summed E-state index contributed by atoms with van der Waals surface area (Å²) in [7, 11) is 2.08. The number of likely N-dealkylation sites (N-methyl/N-ethyl adjacent to an activating group) is 1. The highest BCUT2D eigenvalue weighted by Crippen LogP contribution is 2.36. The SMILES string of the molecule is CN1CCOC2(CCN(c3noc(-c4ccccc4)c3C(=O)O)C2)C1. The number of aromatic nitrogens is 1. The molecule has 3 heterocycles. The van der Waals surface area contributed by atoms with Crippen LogP contribution in [0, 0.1) is 0 Å². The Kier molecular flexibility index (Phi) is 3.97. The molecule has 4 rings (SSSR count). The number of hydrogen-bond acceptors (Lipinski definition) is 6. The van der Waals surface area contributed by atoms with Gasteiger partial charge >= 0.3 is 5.97 Å². The zero-order chi connectivity index (χ0) is 17.4. The fourth-order valence-electron chi connectivity index (χ4n) is 3.78. The zero-order valence-corrected chi connectivity index (χ0v) is 14.1. The number of carbonyl (C=O) groups is 1. The van der Waals surface area contributed by atoms with Crippen molar-refractivity contribution in [1.29, 1.82) is 0 Å². The summed E-state index contributed by atoms with van der Waals surface area (Å²) in [6.07, 6.45) is 0.851. The molecule has 1 aromatic carbocycles. The summed E-state index contributed by atoms with van der Waals surface area (Å²) < 4.78 is 11.5. The number of nitrogens with zero attached hydrogens (tertiary/aromatic N) is 3. The van der Waals surface area contributed by atoms with E-state index in [9.17, 15) is 9.90 Å². The lowest BCUT2D eigenvalue weighted by Gasteiger charge is -2.38. The minimum Gasteiger partial charge on any atom is -0.477 e. The molecule has 7 nitrogen and oxygen atoms in total. The Labute approximate surface area is 145 Å². The molecular formula is C18H21N3O4. The summed E-state index contributed by atoms with van der Waals surface area (Å²) in [5, 5.41) is 13.8. The number of carboxylic acid groups (broad SMARTS) is 1. The van der Waals surface area contributed by atoms with Crippen molar-refractivity contribution < 1.29 is 19.2 Å². The average Bonchev–Trinajstić information content (AvgIpc) is 3.20. The van der Waals surface area contributed by atoms with Crippen LogP contribution < -0.4 is 4.90 Å². The van der Waals surface area contributed by atoms with Crippen molar-refractivity contribution in [2.75, 3.05) is 44.7 Å². The molecular weight excluding hydrogens is 322 g/mol. The van der Waals surface area contributed by atoms with Crippen molar-refractivity contribution in [3.63, 3.8) is 0 Å². The number of benzene rings is 1. The van der Waals surface area contributed by atoms with Gasteiger partial charge in [-0.3, -0.25) is 0 Å². The first-order valence-electron chi connectivity index (χ1n) is 8.44. The van der Waals surface area contributed by atoms with E-state index in [1.54, 1.807) is 0 Å². The van der Waals surface area contributed by atoms with Crippen molar-refractivity contribution in [3.05, 3.63) is 35.9 Å². The molecule has 1 atom stereocenters. The van der Waals surface area contributed by atoms with Crippen molar-refractivity contribution in [3.8, 4) is 11.3 Å². The molecule has 1 N–H and O–H groups in total. The van der Waals surface area contributed by atoms with E-state index in [1.807, 2.05) is 35.2 Å². The van der Waals surface area contributed by atoms with Gasteiger partial charge in [-0.2, -0.15) is 0 Å². The molecule has 2 fully saturated rings. The van der Waals surface area contributed by atoms with E-state index < -0.39 is 5.97 Å². The van der Waals surface area contributed by atoms with Gasteiger partial charge in [0.05, 0.1) is 12.2 Å². The second-order valence-corrected chi connectivity index (χ2v) is 6.82. The van der Waals surface area contributed by atoms with Crippen molar-refractivity contribution in [2.24, 2.45) is 0 Å². The van der Waals surface area contributed by atoms with Crippen LogP contribution in [0.5, 0.6) is 0 Å². The number of ether oxygens (including phenoxy) is 1. The highest BCUT2D eigenvalue weighted by Gasteiger charge is 2.44. The normalized spacial score (nSPS) is 24.1. The summed E-state index contributed by atoms with van der Waals surface area (Å²) in [6, 6.07) is 9.21. The number of anilines is 1. The Hall–Kier alpha value is -2.38. The summed E-state index contributed by atoms with van der Waals surface area (Å²) in [4.78, 5) is 16.1. The van der Waals surface area contributed by atoms with Crippen LogP contribution in [0.1, 0.15) is 16.8 Å². The fraction of sp³-hybridized carbons (Fsp3) is 0.444. The fourth-order valence-corrected chi connectivity index (χ4v) is 3.78. The third-order valence-corrected chi connectivity index (χ3v) is 4.98. The van der Waals surface area contributed by atoms with E-state index in [2.05, 4.69) is 17.1 Å². The first-order valence-corrected chi connectivity index (χ1v) is 8.44. The van der Waals surface area contributed by atoms with Crippen LogP contribution in [0.15, 0.2) is 34.9 Å². The smallest absolute Gasteiger partial charge is 0.343 e. The van der Waals surface area contributed by atoms with Crippen LogP contribution >= 0.6 is 0 Å². The van der Waals surface area contributed by atoms with Crippen LogP contribution in [0.2, 0.25) is 0 Å². The van der Waals surface area contributed by atoms with E-state index in [0.29, 0.717) is 36.8 Å². The first kappa shape index (κ1) is 16.1. The second kappa shape index (κ2) is 6.16. The summed E-state index contributed by atoms with van der Waals surface area (Å²) in [5.41, 5.74) is 0.572. The lowest BCUT2D eigenvalue weighted by molar-refractivity contribution is -0.0886. The quantitative estimate of drug-likeness (QED) is 0.912. The van der Waals surface area contributed by atoms with E-state index in [-0.39, 0.29) is 11.2 Å². The standard InChI is InChI=1S/C18H21N3O4/c1-20-9-10-24-18(11-20)7-8-21(12-18)16-14(17(22)23)15(25-19-16)13-5-3-2-4-6-13/h2-6H,7-12H2,1H3,(H,22,23). The van der Waals surface area contributed by atoms with Gasteiger partial charge in [-0.1, -0.05) is 35.5 Å². The van der Waals surface area contributed by atoms with Gasteiger partial charge in [-0.05, 0) is 13.5 Å². The summed E-state index contributed by atoms with van der Waals surface area (Å²) in [5.74, 6) is -0.344. The predicted molar refractivity (Wildman–Crippen MR) is 91.9 cm³/mol. The number of morpholine rings is 1. The highest BCUT2D eigenvalue weighted by atomic mass is 16.5. The monoisotopic (exact) mass is 343 g/mol. The third kappa shape index (κ3) is 2.89. The largest absolute Gasteiger partial charge is 0.477 e. The second-order valence-electron chi connectivity index (χ2n) is 6.82. The van der Waals surface area contributed by atoms with Crippen molar-refractivity contribution in [1.82, 2.24) is 10.1 Å². The molecule has 1 spiro atoms. The molecule has 2 saturated heterocycles. The molecule has 7 heteroatoms. The molecule has 1 aromatic heterocycles. The molecule has 25 heavy (non-hydrogen) atoms. The first-order chi connectivity index (χ1) is 12.1. The van der Waals surface area contributed by atoms with Gasteiger partial charge in [0.2, 0.25) is 0 Å². The summed E-state index contributed by atoms with van der Waals surface area (Å²) >= 11 is 0. The Bertz CT molecular complexity index is 776. The molecule has 0 aliphatic carbocycles. The lowest BCUT2D eigenvalue weighted by atomic mass is 10.0. The van der Waals surface area contributed by atoms with E-state index in [0.717, 1.165) is 19.5 Å². The molecule has 2 aliphatic heterocycles. The van der Waals surface area contributed by atoms with Gasteiger partial charge < -0.3 is 24.2 Å².